The van der Waals surface area contributed by atoms with Crippen molar-refractivity contribution in [3.05, 3.63) is 11.2 Å². The van der Waals surface area contributed by atoms with Gasteiger partial charge in [-0.1, -0.05) is 0 Å². The van der Waals surface area contributed by atoms with E-state index in [9.17, 15) is 0 Å². The van der Waals surface area contributed by atoms with Crippen molar-refractivity contribution in [3.8, 4) is 11.5 Å². The number of morpholine rings is 1. The van der Waals surface area contributed by atoms with Crippen LogP contribution in [-0.2, 0) is 22.6 Å². The van der Waals surface area contributed by atoms with Gasteiger partial charge in [-0.25, -0.2) is 4.98 Å². The van der Waals surface area contributed by atoms with Crippen molar-refractivity contribution in [2.24, 2.45) is 0 Å². The maximum Gasteiger partial charge on any atom is 0.186 e. The fraction of sp³-hybridized carbons (Fsp3) is 0.667. The number of fused-ring (bicyclic) bond motifs is 1. The Bertz CT molecular complexity index is 693. The second kappa shape index (κ2) is 8.41. The fourth-order valence-corrected chi connectivity index (χ4v) is 3.95. The van der Waals surface area contributed by atoms with Crippen LogP contribution in [-0.4, -0.2) is 65.8 Å². The summed E-state index contributed by atoms with van der Waals surface area (Å²) in [6.45, 7) is 5.79. The lowest BCUT2D eigenvalue weighted by molar-refractivity contribution is 0.0191. The van der Waals surface area contributed by atoms with Crippen LogP contribution in [0.5, 0.6) is 0 Å². The Morgan fingerprint density at radius 1 is 1.40 bits per heavy atom. The highest BCUT2D eigenvalue weighted by Crippen LogP contribution is 2.28. The zero-order valence-electron chi connectivity index (χ0n) is 14.2. The first-order valence-corrected chi connectivity index (χ1v) is 9.17. The minimum Gasteiger partial charge on any atom is -0.385 e. The average molecular weight is 387 g/mol. The monoisotopic (exact) mass is 386 g/mol. The maximum atomic E-state index is 5.81. The summed E-state index contributed by atoms with van der Waals surface area (Å²) < 4.78 is 13.1. The molecule has 0 radical (unpaired) electrons. The number of hydrogen-bond donors (Lipinski definition) is 1. The third-order valence-corrected chi connectivity index (χ3v) is 5.30. The van der Waals surface area contributed by atoms with Crippen LogP contribution in [0.2, 0.25) is 0 Å². The molecule has 2 aromatic rings. The van der Waals surface area contributed by atoms with Gasteiger partial charge in [0.05, 0.1) is 19.3 Å². The largest absolute Gasteiger partial charge is 0.385 e. The number of methoxy groups -OCH3 is 1. The quantitative estimate of drug-likeness (QED) is 0.826. The van der Waals surface area contributed by atoms with E-state index < -0.39 is 0 Å². The van der Waals surface area contributed by atoms with Gasteiger partial charge in [-0.15, -0.1) is 33.9 Å². The highest BCUT2D eigenvalue weighted by atomic mass is 35.5. The zero-order valence-corrected chi connectivity index (χ0v) is 15.8. The molecule has 4 rings (SSSR count). The van der Waals surface area contributed by atoms with Crippen LogP contribution < -0.4 is 10.2 Å². The molecule has 1 fully saturated rings. The SMILES string of the molecule is COCCC1CN(c2nc(-c3nnc4n3CCNC4)cs2)CCO1.Cl. The van der Waals surface area contributed by atoms with Gasteiger partial charge in [-0.05, 0) is 6.42 Å². The number of hydrogen-bond acceptors (Lipinski definition) is 8. The van der Waals surface area contributed by atoms with E-state index in [1.54, 1.807) is 18.4 Å². The van der Waals surface area contributed by atoms with E-state index in [2.05, 4.69) is 30.4 Å². The predicted octanol–water partition coefficient (Wildman–Crippen LogP) is 1.17. The summed E-state index contributed by atoms with van der Waals surface area (Å²) >= 11 is 1.66. The molecule has 4 heterocycles. The lowest BCUT2D eigenvalue weighted by Crippen LogP contribution is -2.42. The van der Waals surface area contributed by atoms with Crippen LogP contribution in [0, 0.1) is 0 Å². The molecule has 8 nitrogen and oxygen atoms in total. The summed E-state index contributed by atoms with van der Waals surface area (Å²) in [5.41, 5.74) is 0.913. The molecule has 1 saturated heterocycles. The van der Waals surface area contributed by atoms with E-state index in [-0.39, 0.29) is 18.5 Å². The topological polar surface area (TPSA) is 77.3 Å². The highest BCUT2D eigenvalue weighted by Gasteiger charge is 2.24. The average Bonchev–Trinajstić information content (AvgIpc) is 3.27. The van der Waals surface area contributed by atoms with Crippen molar-refractivity contribution in [2.75, 3.05) is 44.9 Å². The van der Waals surface area contributed by atoms with Gasteiger partial charge in [0.2, 0.25) is 0 Å². The van der Waals surface area contributed by atoms with Crippen molar-refractivity contribution in [2.45, 2.75) is 25.6 Å². The van der Waals surface area contributed by atoms with Gasteiger partial charge in [0.1, 0.15) is 11.5 Å². The van der Waals surface area contributed by atoms with Crippen LogP contribution in [0.15, 0.2) is 5.38 Å². The van der Waals surface area contributed by atoms with E-state index in [0.29, 0.717) is 0 Å². The lowest BCUT2D eigenvalue weighted by atomic mass is 10.2. The van der Waals surface area contributed by atoms with Crippen LogP contribution in [0.4, 0.5) is 5.13 Å². The summed E-state index contributed by atoms with van der Waals surface area (Å²) in [5.74, 6) is 1.86. The number of ether oxygens (including phenoxy) is 2. The Kier molecular flexibility index (Phi) is 6.24. The van der Waals surface area contributed by atoms with E-state index in [4.69, 9.17) is 14.5 Å². The van der Waals surface area contributed by atoms with Gasteiger partial charge in [-0.2, -0.15) is 0 Å². The van der Waals surface area contributed by atoms with Gasteiger partial charge in [0.15, 0.2) is 11.0 Å². The van der Waals surface area contributed by atoms with Crippen LogP contribution in [0.25, 0.3) is 11.5 Å². The number of nitrogens with zero attached hydrogens (tertiary/aromatic N) is 5. The first-order valence-electron chi connectivity index (χ1n) is 8.29. The predicted molar refractivity (Wildman–Crippen MR) is 98.5 cm³/mol. The van der Waals surface area contributed by atoms with E-state index in [0.717, 1.165) is 74.8 Å². The van der Waals surface area contributed by atoms with Gasteiger partial charge in [-0.3, -0.25) is 0 Å². The number of anilines is 1. The summed E-state index contributed by atoms with van der Waals surface area (Å²) in [6, 6.07) is 0. The molecule has 1 N–H and O–H groups in total. The molecule has 2 aliphatic rings. The molecule has 10 heteroatoms. The highest BCUT2D eigenvalue weighted by molar-refractivity contribution is 7.14. The van der Waals surface area contributed by atoms with Gasteiger partial charge in [0.25, 0.3) is 0 Å². The first-order chi connectivity index (χ1) is 11.8. The number of aromatic nitrogens is 4. The van der Waals surface area contributed by atoms with Gasteiger partial charge >= 0.3 is 0 Å². The Balaban J connectivity index is 0.00000182. The molecule has 0 saturated carbocycles. The number of thiazole rings is 1. The molecule has 0 amide bonds. The normalized spacial score (nSPS) is 20.2. The Labute approximate surface area is 157 Å². The molecule has 0 bridgehead atoms. The molecular weight excluding hydrogens is 364 g/mol. The van der Waals surface area contributed by atoms with Crippen LogP contribution in [0.3, 0.4) is 0 Å². The smallest absolute Gasteiger partial charge is 0.186 e. The molecule has 0 aromatic carbocycles. The van der Waals surface area contributed by atoms with Crippen LogP contribution >= 0.6 is 23.7 Å². The van der Waals surface area contributed by atoms with Crippen molar-refractivity contribution in [3.63, 3.8) is 0 Å². The zero-order chi connectivity index (χ0) is 16.4. The van der Waals surface area contributed by atoms with Crippen molar-refractivity contribution >= 4 is 28.9 Å². The van der Waals surface area contributed by atoms with Gasteiger partial charge < -0.3 is 24.3 Å². The Morgan fingerprint density at radius 2 is 2.32 bits per heavy atom. The molecule has 1 unspecified atom stereocenters. The fourth-order valence-electron chi connectivity index (χ4n) is 3.11. The summed E-state index contributed by atoms with van der Waals surface area (Å²) in [4.78, 5) is 7.11. The third-order valence-electron chi connectivity index (χ3n) is 4.40. The van der Waals surface area contributed by atoms with Gasteiger partial charge in [0, 0.05) is 45.3 Å². The lowest BCUT2D eigenvalue weighted by Gasteiger charge is -2.32. The number of nitrogens with one attached hydrogen (secondary N) is 1. The number of halogens is 1. The molecule has 0 spiro atoms. The minimum atomic E-state index is 0. The molecule has 2 aliphatic heterocycles. The Morgan fingerprint density at radius 3 is 3.20 bits per heavy atom. The first kappa shape index (κ1) is 18.5. The standard InChI is InChI=1S/C15H22N6O2S.ClH/c1-22-6-2-11-9-20(5-7-23-11)15-17-12(10-24-15)14-19-18-13-8-16-3-4-21(13)14;/h10-11,16H,2-9H2,1H3;1H. The molecule has 2 aromatic heterocycles. The van der Waals surface area contributed by atoms with E-state index in [1.807, 2.05) is 0 Å². The van der Waals surface area contributed by atoms with Crippen molar-refractivity contribution in [1.82, 2.24) is 25.1 Å². The molecule has 138 valence electrons. The van der Waals surface area contributed by atoms with Crippen molar-refractivity contribution in [1.29, 1.82) is 0 Å². The molecular formula is C15H23ClN6O2S. The van der Waals surface area contributed by atoms with E-state index in [1.165, 1.54) is 0 Å². The summed E-state index contributed by atoms with van der Waals surface area (Å²) in [6.07, 6.45) is 1.12. The maximum absolute atomic E-state index is 5.81. The second-order valence-electron chi connectivity index (χ2n) is 6.00. The molecule has 25 heavy (non-hydrogen) atoms. The minimum absolute atomic E-state index is 0. The molecule has 0 aliphatic carbocycles. The summed E-state index contributed by atoms with van der Waals surface area (Å²) in [7, 11) is 1.72. The van der Waals surface area contributed by atoms with Crippen molar-refractivity contribution < 1.29 is 9.47 Å². The number of rotatable bonds is 5. The van der Waals surface area contributed by atoms with E-state index >= 15 is 0 Å². The summed E-state index contributed by atoms with van der Waals surface area (Å²) in [5, 5.41) is 15.0. The second-order valence-corrected chi connectivity index (χ2v) is 6.84. The Hall–Kier alpha value is -1.26. The van der Waals surface area contributed by atoms with Crippen LogP contribution in [0.1, 0.15) is 12.2 Å². The molecule has 1 atom stereocenters. The third kappa shape index (κ3) is 3.95.